The van der Waals surface area contributed by atoms with Gasteiger partial charge >= 0.3 is 11.2 Å². The van der Waals surface area contributed by atoms with Crippen molar-refractivity contribution in [3.8, 4) is 0 Å². The summed E-state index contributed by atoms with van der Waals surface area (Å²) in [7, 11) is 1.13. The second kappa shape index (κ2) is 2.58. The van der Waals surface area contributed by atoms with Crippen LogP contribution in [-0.2, 0) is 9.53 Å². The van der Waals surface area contributed by atoms with Crippen LogP contribution >= 0.6 is 11.6 Å². The summed E-state index contributed by atoms with van der Waals surface area (Å²) in [6.45, 7) is 0. The van der Waals surface area contributed by atoms with Gasteiger partial charge in [-0.25, -0.2) is 4.79 Å². The maximum Gasteiger partial charge on any atom is 0.496 e. The fourth-order valence-corrected chi connectivity index (χ4v) is 0.161. The van der Waals surface area contributed by atoms with Crippen LogP contribution in [0.4, 0.5) is 0 Å². The highest BCUT2D eigenvalue weighted by atomic mass is 35.5. The molecule has 0 radical (unpaired) electrons. The van der Waals surface area contributed by atoms with Crippen LogP contribution in [0.5, 0.6) is 0 Å². The molecule has 0 amide bonds. The lowest BCUT2D eigenvalue weighted by molar-refractivity contribution is -0.132. The van der Waals surface area contributed by atoms with Gasteiger partial charge < -0.3 is 4.74 Å². The first-order valence-corrected chi connectivity index (χ1v) is 1.86. The van der Waals surface area contributed by atoms with E-state index in [1.165, 1.54) is 0 Å². The molecule has 0 saturated carbocycles. The van der Waals surface area contributed by atoms with Crippen molar-refractivity contribution in [1.82, 2.24) is 0 Å². The Morgan fingerprint density at radius 2 is 2.29 bits per heavy atom. The number of hydrogen-bond acceptors (Lipinski definition) is 2. The molecule has 0 aromatic heterocycles. The predicted octanol–water partition coefficient (Wildman–Crippen LogP) is -0.0994. The molecule has 0 atom stereocenters. The number of rotatable bonds is 1. The van der Waals surface area contributed by atoms with E-state index in [1.807, 2.05) is 0 Å². The third-order valence-corrected chi connectivity index (χ3v) is 0.508. The Morgan fingerprint density at radius 1 is 1.86 bits per heavy atom. The zero-order chi connectivity index (χ0) is 5.86. The van der Waals surface area contributed by atoms with E-state index in [0.717, 1.165) is 7.11 Å². The lowest BCUT2D eigenvalue weighted by Gasteiger charge is -1.80. The first kappa shape index (κ1) is 6.43. The van der Waals surface area contributed by atoms with Crippen LogP contribution in [0.2, 0.25) is 0 Å². The van der Waals surface area contributed by atoms with Gasteiger partial charge in [-0.3, -0.25) is 4.79 Å². The molecular weight excluding hydrogens is 119 g/mol. The van der Waals surface area contributed by atoms with Gasteiger partial charge in [-0.1, -0.05) is 0 Å². The summed E-state index contributed by atoms with van der Waals surface area (Å²) in [4.78, 5) is 17.9. The molecule has 0 aliphatic rings. The first-order valence-electron chi connectivity index (χ1n) is 1.48. The van der Waals surface area contributed by atoms with Crippen molar-refractivity contribution in [1.29, 1.82) is 0 Å². The van der Waals surface area contributed by atoms with Crippen LogP contribution in [0.3, 0.4) is 0 Å². The maximum absolute atomic E-state index is 9.87. The Morgan fingerprint density at radius 3 is 2.29 bits per heavy atom. The number of carbonyl (C=O) groups excluding carboxylic acids is 2. The molecule has 7 heavy (non-hydrogen) atoms. The fraction of sp³-hybridized carbons (Fsp3) is 0.333. The van der Waals surface area contributed by atoms with Crippen molar-refractivity contribution >= 4 is 22.8 Å². The van der Waals surface area contributed by atoms with Crippen LogP contribution in [-0.4, -0.2) is 23.1 Å². The Bertz CT molecular complexity index is 98.4. The summed E-state index contributed by atoms with van der Waals surface area (Å²) < 4.78 is 3.95. The highest BCUT2D eigenvalue weighted by Crippen LogP contribution is 1.80. The quantitative estimate of drug-likeness (QED) is 0.212. The topological polar surface area (TPSA) is 47.7 Å². The van der Waals surface area contributed by atoms with Crippen LogP contribution in [0.1, 0.15) is 0 Å². The Labute approximate surface area is 45.2 Å². The largest absolute Gasteiger partial charge is 0.496 e. The highest BCUT2D eigenvalue weighted by Gasteiger charge is 2.15. The lowest BCUT2D eigenvalue weighted by atomic mass is 10.8. The third kappa shape index (κ3) is 2.17. The molecular formula is C3H4ClO3+. The zero-order valence-corrected chi connectivity index (χ0v) is 4.40. The molecule has 0 aromatic carbocycles. The maximum atomic E-state index is 9.87. The van der Waals surface area contributed by atoms with Gasteiger partial charge in [-0.05, 0) is 0 Å². The summed E-state index contributed by atoms with van der Waals surface area (Å²) in [5, 5.41) is -0.845. The van der Waals surface area contributed by atoms with E-state index in [-0.39, 0.29) is 0 Å². The molecule has 4 heteroatoms. The summed E-state index contributed by atoms with van der Waals surface area (Å²) >= 11 is 4.73. The average Bonchev–Trinajstić information content (AvgIpc) is 1.65. The van der Waals surface area contributed by atoms with E-state index in [9.17, 15) is 4.79 Å². The molecule has 0 unspecified atom stereocenters. The minimum Gasteiger partial charge on any atom is -0.458 e. The molecule has 3 nitrogen and oxygen atoms in total. The van der Waals surface area contributed by atoms with E-state index in [0.29, 0.717) is 0 Å². The fourth-order valence-electron chi connectivity index (χ4n) is 0.0842. The third-order valence-electron chi connectivity index (χ3n) is 0.354. The lowest BCUT2D eigenvalue weighted by Crippen LogP contribution is -2.08. The smallest absolute Gasteiger partial charge is 0.458 e. The molecule has 0 aliphatic carbocycles. The molecule has 0 aliphatic heterocycles. The average molecular weight is 124 g/mol. The number of halogens is 1. The number of carbonyl (C=O) groups is 1. The minimum atomic E-state index is -0.915. The van der Waals surface area contributed by atoms with Gasteiger partial charge in [0.25, 0.3) is 0 Å². The van der Waals surface area contributed by atoms with E-state index in [2.05, 4.69) is 4.74 Å². The Hall–Kier alpha value is -0.570. The van der Waals surface area contributed by atoms with Crippen LogP contribution < -0.4 is 0 Å². The van der Waals surface area contributed by atoms with Gasteiger partial charge in [-0.2, -0.15) is 0 Å². The minimum absolute atomic E-state index is 0.845. The van der Waals surface area contributed by atoms with Crippen molar-refractivity contribution in [3.05, 3.63) is 0 Å². The SMILES string of the molecule is COC(=O)C(=[OH+])Cl. The first-order chi connectivity index (χ1) is 3.18. The van der Waals surface area contributed by atoms with E-state index in [1.54, 1.807) is 0 Å². The van der Waals surface area contributed by atoms with Crippen LogP contribution in [0.15, 0.2) is 0 Å². The van der Waals surface area contributed by atoms with Crippen molar-refractivity contribution < 1.29 is 14.3 Å². The molecule has 0 saturated heterocycles. The van der Waals surface area contributed by atoms with Crippen molar-refractivity contribution in [2.24, 2.45) is 0 Å². The Balaban J connectivity index is 3.58. The number of esters is 1. The number of methoxy groups -OCH3 is 1. The van der Waals surface area contributed by atoms with Crippen molar-refractivity contribution in [3.63, 3.8) is 0 Å². The summed E-state index contributed by atoms with van der Waals surface area (Å²) in [6, 6.07) is 0. The van der Waals surface area contributed by atoms with Gasteiger partial charge in [-0.15, -0.1) is 0 Å². The van der Waals surface area contributed by atoms with E-state index in [4.69, 9.17) is 16.4 Å². The molecule has 0 spiro atoms. The molecule has 0 fully saturated rings. The second-order valence-electron chi connectivity index (χ2n) is 0.782. The number of hydrogen-bond donors (Lipinski definition) is 0. The van der Waals surface area contributed by atoms with Crippen LogP contribution in [0.25, 0.3) is 0 Å². The van der Waals surface area contributed by atoms with Crippen molar-refractivity contribution in [2.75, 3.05) is 7.11 Å². The molecule has 0 aromatic rings. The monoisotopic (exact) mass is 123 g/mol. The van der Waals surface area contributed by atoms with Gasteiger partial charge in [0.1, 0.15) is 0 Å². The molecule has 1 N–H and O–H groups in total. The van der Waals surface area contributed by atoms with Gasteiger partial charge in [0.15, 0.2) is 0 Å². The summed E-state index contributed by atoms with van der Waals surface area (Å²) in [6.07, 6.45) is 0. The number of ether oxygens (including phenoxy) is 1. The van der Waals surface area contributed by atoms with Gasteiger partial charge in [0.2, 0.25) is 0 Å². The second-order valence-corrected chi connectivity index (χ2v) is 1.14. The molecule has 0 heterocycles. The Kier molecular flexibility index (Phi) is 2.37. The van der Waals surface area contributed by atoms with Crippen molar-refractivity contribution in [2.45, 2.75) is 0 Å². The molecule has 0 bridgehead atoms. The van der Waals surface area contributed by atoms with Gasteiger partial charge in [0, 0.05) is 11.6 Å². The summed E-state index contributed by atoms with van der Waals surface area (Å²) in [5.41, 5.74) is 0. The van der Waals surface area contributed by atoms with E-state index < -0.39 is 11.2 Å². The predicted molar refractivity (Wildman–Crippen MR) is 24.8 cm³/mol. The zero-order valence-electron chi connectivity index (χ0n) is 3.64. The molecule has 40 valence electrons. The van der Waals surface area contributed by atoms with E-state index >= 15 is 0 Å². The van der Waals surface area contributed by atoms with Crippen LogP contribution in [0, 0.1) is 0 Å². The summed E-state index contributed by atoms with van der Waals surface area (Å²) in [5.74, 6) is -0.915. The van der Waals surface area contributed by atoms with Gasteiger partial charge in [0.05, 0.1) is 7.11 Å². The standard InChI is InChI=1S/C3H3ClO3/c1-7-3(6)2(4)5/h1H3/p+1. The highest BCUT2D eigenvalue weighted by molar-refractivity contribution is 6.80. The molecule has 0 rings (SSSR count). The normalized spacial score (nSPS) is 7.71.